The number of benzene rings is 1. The normalized spacial score (nSPS) is 13.5. The van der Waals surface area contributed by atoms with Crippen LogP contribution in [-0.2, 0) is 9.59 Å². The molecule has 0 saturated carbocycles. The first-order valence-electron chi connectivity index (χ1n) is 8.02. The Hall–Kier alpha value is -1.99. The van der Waals surface area contributed by atoms with Crippen LogP contribution in [0.1, 0.15) is 20.8 Å². The molecule has 0 aromatic heterocycles. The van der Waals surface area contributed by atoms with E-state index in [2.05, 4.69) is 10.6 Å². The number of rotatable bonds is 5. The van der Waals surface area contributed by atoms with E-state index in [4.69, 9.17) is 21.1 Å². The van der Waals surface area contributed by atoms with E-state index in [0.717, 1.165) is 0 Å². The Morgan fingerprint density at radius 1 is 1.12 bits per heavy atom. The summed E-state index contributed by atoms with van der Waals surface area (Å²) in [6, 6.07) is 3.26. The second-order valence-electron chi connectivity index (χ2n) is 6.99. The number of fused-ring (bicyclic) bond motifs is 1. The molecule has 0 spiro atoms. The maximum atomic E-state index is 12.2. The van der Waals surface area contributed by atoms with E-state index >= 15 is 0 Å². The van der Waals surface area contributed by atoms with Crippen LogP contribution in [0, 0.1) is 0 Å². The number of nitrogens with zero attached hydrogens (tertiary/aromatic N) is 1. The van der Waals surface area contributed by atoms with Crippen molar-refractivity contribution < 1.29 is 19.1 Å². The third-order valence-electron chi connectivity index (χ3n) is 3.25. The number of likely N-dealkylation sites (N-methyl/N-ethyl adjacent to an activating group) is 1. The fraction of sp³-hybridized carbons (Fsp3) is 0.529. The number of nitrogens with one attached hydrogen (secondary N) is 2. The number of anilines is 1. The molecule has 0 atom stereocenters. The summed E-state index contributed by atoms with van der Waals surface area (Å²) in [5.41, 5.74) is 0.141. The summed E-state index contributed by atoms with van der Waals surface area (Å²) in [5, 5.41) is 5.95. The van der Waals surface area contributed by atoms with Crippen LogP contribution in [0.3, 0.4) is 0 Å². The standard InChI is InChI=1S/C17H24ClN3O4/c1-17(2,3)20-16(23)10-21(4)9-15(22)19-12-8-14-13(7-11(12)18)24-5-6-25-14/h7-8H,5-6,9-10H2,1-4H3,(H,19,22)(H,20,23). The second kappa shape index (κ2) is 7.93. The van der Waals surface area contributed by atoms with Crippen molar-refractivity contribution in [3.05, 3.63) is 17.2 Å². The summed E-state index contributed by atoms with van der Waals surface area (Å²) in [5.74, 6) is 0.693. The summed E-state index contributed by atoms with van der Waals surface area (Å²) in [4.78, 5) is 25.7. The molecule has 25 heavy (non-hydrogen) atoms. The molecule has 1 aromatic rings. The van der Waals surface area contributed by atoms with E-state index in [1.165, 1.54) is 0 Å². The highest BCUT2D eigenvalue weighted by Crippen LogP contribution is 2.37. The molecule has 2 N–H and O–H groups in total. The molecule has 7 nitrogen and oxygen atoms in total. The Labute approximate surface area is 152 Å². The van der Waals surface area contributed by atoms with E-state index in [1.807, 2.05) is 20.8 Å². The van der Waals surface area contributed by atoms with Crippen LogP contribution in [0.2, 0.25) is 5.02 Å². The molecule has 0 bridgehead atoms. The predicted octanol–water partition coefficient (Wildman–Crippen LogP) is 1.90. The van der Waals surface area contributed by atoms with E-state index in [9.17, 15) is 9.59 Å². The van der Waals surface area contributed by atoms with Gasteiger partial charge in [-0.3, -0.25) is 14.5 Å². The smallest absolute Gasteiger partial charge is 0.238 e. The zero-order valence-corrected chi connectivity index (χ0v) is 15.7. The SMILES string of the molecule is CN(CC(=O)Nc1cc2c(cc1Cl)OCCO2)CC(=O)NC(C)(C)C. The third kappa shape index (κ3) is 6.10. The topological polar surface area (TPSA) is 79.9 Å². The number of hydrogen-bond donors (Lipinski definition) is 2. The Morgan fingerprint density at radius 3 is 2.28 bits per heavy atom. The molecule has 8 heteroatoms. The Kier molecular flexibility index (Phi) is 6.13. The van der Waals surface area contributed by atoms with Crippen molar-refractivity contribution in [1.82, 2.24) is 10.2 Å². The lowest BCUT2D eigenvalue weighted by Gasteiger charge is -2.23. The largest absolute Gasteiger partial charge is 0.486 e. The lowest BCUT2D eigenvalue weighted by Crippen LogP contribution is -2.46. The summed E-state index contributed by atoms with van der Waals surface area (Å²) < 4.78 is 10.9. The van der Waals surface area contributed by atoms with Crippen LogP contribution < -0.4 is 20.1 Å². The van der Waals surface area contributed by atoms with Gasteiger partial charge in [0.05, 0.1) is 23.8 Å². The Morgan fingerprint density at radius 2 is 1.68 bits per heavy atom. The third-order valence-corrected chi connectivity index (χ3v) is 3.56. The molecule has 1 aromatic carbocycles. The molecule has 0 radical (unpaired) electrons. The molecule has 2 amide bonds. The maximum absolute atomic E-state index is 12.2. The fourth-order valence-corrected chi connectivity index (χ4v) is 2.55. The first-order chi connectivity index (χ1) is 11.6. The number of carbonyl (C=O) groups excluding carboxylic acids is 2. The number of halogens is 1. The van der Waals surface area contributed by atoms with Gasteiger partial charge in [-0.25, -0.2) is 0 Å². The summed E-state index contributed by atoms with van der Waals surface area (Å²) in [7, 11) is 1.70. The van der Waals surface area contributed by atoms with E-state index in [0.29, 0.717) is 35.4 Å². The van der Waals surface area contributed by atoms with Crippen LogP contribution in [0.5, 0.6) is 11.5 Å². The van der Waals surface area contributed by atoms with Gasteiger partial charge in [0.1, 0.15) is 13.2 Å². The van der Waals surface area contributed by atoms with Crippen LogP contribution in [0.4, 0.5) is 5.69 Å². The minimum Gasteiger partial charge on any atom is -0.486 e. The highest BCUT2D eigenvalue weighted by molar-refractivity contribution is 6.34. The Balaban J connectivity index is 1.90. The molecule has 138 valence electrons. The second-order valence-corrected chi connectivity index (χ2v) is 7.40. The average molecular weight is 370 g/mol. The molecule has 0 saturated heterocycles. The first kappa shape index (κ1) is 19.3. The predicted molar refractivity (Wildman–Crippen MR) is 96.5 cm³/mol. The molecule has 0 aliphatic carbocycles. The van der Waals surface area contributed by atoms with Crippen molar-refractivity contribution in [3.8, 4) is 11.5 Å². The molecule has 0 unspecified atom stereocenters. The molecule has 1 aliphatic heterocycles. The van der Waals surface area contributed by atoms with E-state index in [-0.39, 0.29) is 30.4 Å². The van der Waals surface area contributed by atoms with Crippen molar-refractivity contribution in [2.45, 2.75) is 26.3 Å². The quantitative estimate of drug-likeness (QED) is 0.828. The van der Waals surface area contributed by atoms with Gasteiger partial charge in [0.25, 0.3) is 0 Å². The number of ether oxygens (including phenoxy) is 2. The first-order valence-corrected chi connectivity index (χ1v) is 8.40. The highest BCUT2D eigenvalue weighted by atomic mass is 35.5. The van der Waals surface area contributed by atoms with Crippen LogP contribution in [0.25, 0.3) is 0 Å². The highest BCUT2D eigenvalue weighted by Gasteiger charge is 2.19. The average Bonchev–Trinajstić information content (AvgIpc) is 2.45. The zero-order valence-electron chi connectivity index (χ0n) is 14.9. The summed E-state index contributed by atoms with van der Waals surface area (Å²) >= 11 is 6.17. The lowest BCUT2D eigenvalue weighted by molar-refractivity contribution is -0.124. The minimum atomic E-state index is -0.307. The molecular weight excluding hydrogens is 346 g/mol. The summed E-state index contributed by atoms with van der Waals surface area (Å²) in [6.07, 6.45) is 0. The van der Waals surface area contributed by atoms with Crippen LogP contribution in [-0.4, -0.2) is 55.6 Å². The number of carbonyl (C=O) groups is 2. The maximum Gasteiger partial charge on any atom is 0.238 e. The monoisotopic (exact) mass is 369 g/mol. The number of hydrogen-bond acceptors (Lipinski definition) is 5. The van der Waals surface area contributed by atoms with Crippen LogP contribution >= 0.6 is 11.6 Å². The fourth-order valence-electron chi connectivity index (χ4n) is 2.35. The molecule has 1 aliphatic rings. The zero-order chi connectivity index (χ0) is 18.6. The van der Waals surface area contributed by atoms with Gasteiger partial charge >= 0.3 is 0 Å². The molecule has 1 heterocycles. The molecule has 2 rings (SSSR count). The minimum absolute atomic E-state index is 0.0579. The van der Waals surface area contributed by atoms with E-state index < -0.39 is 0 Å². The summed E-state index contributed by atoms with van der Waals surface area (Å²) in [6.45, 7) is 6.82. The van der Waals surface area contributed by atoms with Crippen molar-refractivity contribution in [3.63, 3.8) is 0 Å². The van der Waals surface area contributed by atoms with Gasteiger partial charge < -0.3 is 20.1 Å². The van der Waals surface area contributed by atoms with Gasteiger partial charge in [0.15, 0.2) is 11.5 Å². The molecular formula is C17H24ClN3O4. The lowest BCUT2D eigenvalue weighted by atomic mass is 10.1. The van der Waals surface area contributed by atoms with Gasteiger partial charge in [0, 0.05) is 17.7 Å². The van der Waals surface area contributed by atoms with E-state index in [1.54, 1.807) is 24.1 Å². The van der Waals surface area contributed by atoms with Crippen molar-refractivity contribution in [1.29, 1.82) is 0 Å². The van der Waals surface area contributed by atoms with Crippen LogP contribution in [0.15, 0.2) is 12.1 Å². The van der Waals surface area contributed by atoms with Crippen molar-refractivity contribution in [2.75, 3.05) is 38.7 Å². The van der Waals surface area contributed by atoms with Gasteiger partial charge in [-0.2, -0.15) is 0 Å². The van der Waals surface area contributed by atoms with Crippen molar-refractivity contribution in [2.24, 2.45) is 0 Å². The molecule has 0 fully saturated rings. The van der Waals surface area contributed by atoms with Gasteiger partial charge in [-0.05, 0) is 27.8 Å². The van der Waals surface area contributed by atoms with Gasteiger partial charge in [-0.15, -0.1) is 0 Å². The van der Waals surface area contributed by atoms with Gasteiger partial charge in [-0.1, -0.05) is 11.6 Å². The Bertz CT molecular complexity index is 658. The van der Waals surface area contributed by atoms with Gasteiger partial charge in [0.2, 0.25) is 11.8 Å². The number of amides is 2. The van der Waals surface area contributed by atoms with Crippen molar-refractivity contribution >= 4 is 29.1 Å².